The summed E-state index contributed by atoms with van der Waals surface area (Å²) in [4.78, 5) is 11.0. The Kier molecular flexibility index (Phi) is 1.87. The molecule has 1 aliphatic carbocycles. The van der Waals surface area contributed by atoms with E-state index in [1.165, 1.54) is 0 Å². The average molecular weight is 182 g/mol. The van der Waals surface area contributed by atoms with Crippen LogP contribution in [-0.2, 0) is 4.79 Å². The van der Waals surface area contributed by atoms with E-state index in [0.717, 1.165) is 18.2 Å². The fourth-order valence-corrected chi connectivity index (χ4v) is 1.52. The highest BCUT2D eigenvalue weighted by Gasteiger charge is 2.31. The van der Waals surface area contributed by atoms with Gasteiger partial charge in [0.1, 0.15) is 17.4 Å². The highest BCUT2D eigenvalue weighted by Crippen LogP contribution is 2.34. The van der Waals surface area contributed by atoms with E-state index < -0.39 is 17.6 Å². The molecule has 1 unspecified atom stereocenters. The summed E-state index contributed by atoms with van der Waals surface area (Å²) in [6.45, 7) is 0. The molecule has 0 aliphatic heterocycles. The average Bonchev–Trinajstić information content (AvgIpc) is 2.09. The number of Topliss-reactive ketones (excluding diaryl/α,β-unsaturated/α-hetero) is 1. The maximum absolute atomic E-state index is 13.1. The number of hydrogen-bond donors (Lipinski definition) is 0. The van der Waals surface area contributed by atoms with Crippen molar-refractivity contribution in [1.82, 2.24) is 0 Å². The molecule has 0 amide bonds. The molecule has 0 spiro atoms. The van der Waals surface area contributed by atoms with Crippen LogP contribution in [0.2, 0.25) is 0 Å². The summed E-state index contributed by atoms with van der Waals surface area (Å²) in [5.41, 5.74) is 0.205. The smallest absolute Gasteiger partial charge is 0.140 e. The van der Waals surface area contributed by atoms with Gasteiger partial charge in [-0.15, -0.1) is 0 Å². The van der Waals surface area contributed by atoms with Crippen LogP contribution in [0.1, 0.15) is 24.3 Å². The summed E-state index contributed by atoms with van der Waals surface area (Å²) >= 11 is 0. The Morgan fingerprint density at radius 3 is 2.62 bits per heavy atom. The van der Waals surface area contributed by atoms with Gasteiger partial charge in [0.15, 0.2) is 0 Å². The summed E-state index contributed by atoms with van der Waals surface area (Å²) in [5.74, 6) is -1.38. The minimum Gasteiger partial charge on any atom is -0.299 e. The lowest BCUT2D eigenvalue weighted by Crippen LogP contribution is -2.24. The standard InChI is InChI=1S/C10H8F2O/c11-6-1-3-9(12)8(5-6)7-2-4-10(7)13/h1,3,5,7H,2,4H2. The lowest BCUT2D eigenvalue weighted by Gasteiger charge is -2.24. The molecule has 1 aromatic carbocycles. The van der Waals surface area contributed by atoms with Gasteiger partial charge in [-0.25, -0.2) is 8.78 Å². The zero-order chi connectivity index (χ0) is 9.42. The van der Waals surface area contributed by atoms with Crippen molar-refractivity contribution in [3.05, 3.63) is 35.4 Å². The first-order chi connectivity index (χ1) is 6.18. The molecular formula is C10H8F2O. The molecule has 1 aromatic rings. The van der Waals surface area contributed by atoms with Crippen molar-refractivity contribution < 1.29 is 13.6 Å². The molecule has 0 heterocycles. The lowest BCUT2D eigenvalue weighted by molar-refractivity contribution is -0.125. The minimum atomic E-state index is -0.490. The first kappa shape index (κ1) is 8.35. The van der Waals surface area contributed by atoms with Crippen LogP contribution in [-0.4, -0.2) is 5.78 Å². The summed E-state index contributed by atoms with van der Waals surface area (Å²) in [7, 11) is 0. The van der Waals surface area contributed by atoms with E-state index in [1.54, 1.807) is 0 Å². The Bertz CT molecular complexity index is 360. The Balaban J connectivity index is 2.38. The highest BCUT2D eigenvalue weighted by atomic mass is 19.1. The monoisotopic (exact) mass is 182 g/mol. The van der Waals surface area contributed by atoms with E-state index in [-0.39, 0.29) is 11.3 Å². The third-order valence-electron chi connectivity index (χ3n) is 2.40. The van der Waals surface area contributed by atoms with E-state index in [1.807, 2.05) is 0 Å². The maximum Gasteiger partial charge on any atom is 0.140 e. The number of rotatable bonds is 1. The van der Waals surface area contributed by atoms with Crippen molar-refractivity contribution in [3.63, 3.8) is 0 Å². The topological polar surface area (TPSA) is 17.1 Å². The molecule has 0 aromatic heterocycles. The van der Waals surface area contributed by atoms with Crippen LogP contribution in [0.15, 0.2) is 18.2 Å². The van der Waals surface area contributed by atoms with Gasteiger partial charge >= 0.3 is 0 Å². The van der Waals surface area contributed by atoms with Crippen LogP contribution < -0.4 is 0 Å². The molecule has 1 aliphatic rings. The van der Waals surface area contributed by atoms with Crippen LogP contribution in [0.5, 0.6) is 0 Å². The van der Waals surface area contributed by atoms with Crippen LogP contribution >= 0.6 is 0 Å². The number of halogens is 2. The van der Waals surface area contributed by atoms with E-state index in [4.69, 9.17) is 0 Å². The summed E-state index contributed by atoms with van der Waals surface area (Å²) < 4.78 is 25.8. The van der Waals surface area contributed by atoms with Crippen molar-refractivity contribution in [3.8, 4) is 0 Å². The van der Waals surface area contributed by atoms with E-state index >= 15 is 0 Å². The van der Waals surface area contributed by atoms with E-state index in [0.29, 0.717) is 12.8 Å². The minimum absolute atomic E-state index is 0.00417. The third-order valence-corrected chi connectivity index (χ3v) is 2.40. The Morgan fingerprint density at radius 2 is 2.08 bits per heavy atom. The van der Waals surface area contributed by atoms with Crippen molar-refractivity contribution in [1.29, 1.82) is 0 Å². The van der Waals surface area contributed by atoms with Crippen LogP contribution in [0.25, 0.3) is 0 Å². The van der Waals surface area contributed by atoms with Crippen molar-refractivity contribution >= 4 is 5.78 Å². The Morgan fingerprint density at radius 1 is 1.31 bits per heavy atom. The van der Waals surface area contributed by atoms with Crippen molar-refractivity contribution in [2.75, 3.05) is 0 Å². The van der Waals surface area contributed by atoms with E-state index in [2.05, 4.69) is 0 Å². The largest absolute Gasteiger partial charge is 0.299 e. The third kappa shape index (κ3) is 1.34. The molecule has 1 fully saturated rings. The normalized spacial score (nSPS) is 21.4. The highest BCUT2D eigenvalue weighted by molar-refractivity contribution is 5.91. The molecule has 68 valence electrons. The SMILES string of the molecule is O=C1CCC1c1cc(F)ccc1F. The van der Waals surface area contributed by atoms with Crippen LogP contribution in [0.3, 0.4) is 0 Å². The molecule has 0 radical (unpaired) electrons. The van der Waals surface area contributed by atoms with Crippen molar-refractivity contribution in [2.45, 2.75) is 18.8 Å². The van der Waals surface area contributed by atoms with Gasteiger partial charge in [-0.1, -0.05) is 0 Å². The molecule has 2 rings (SSSR count). The lowest BCUT2D eigenvalue weighted by atomic mass is 9.78. The Hall–Kier alpha value is -1.25. The molecule has 1 saturated carbocycles. The number of ketones is 1. The molecular weight excluding hydrogens is 174 g/mol. The molecule has 1 nitrogen and oxygen atoms in total. The number of carbonyl (C=O) groups is 1. The second-order valence-electron chi connectivity index (χ2n) is 3.22. The number of hydrogen-bond acceptors (Lipinski definition) is 1. The van der Waals surface area contributed by atoms with Gasteiger partial charge in [-0.3, -0.25) is 4.79 Å². The zero-order valence-electron chi connectivity index (χ0n) is 6.89. The predicted molar refractivity (Wildman–Crippen MR) is 43.3 cm³/mol. The fourth-order valence-electron chi connectivity index (χ4n) is 1.52. The van der Waals surface area contributed by atoms with Crippen LogP contribution in [0, 0.1) is 11.6 Å². The summed E-state index contributed by atoms with van der Waals surface area (Å²) in [5, 5.41) is 0. The molecule has 0 saturated heterocycles. The maximum atomic E-state index is 13.1. The molecule has 0 bridgehead atoms. The van der Waals surface area contributed by atoms with E-state index in [9.17, 15) is 13.6 Å². The molecule has 1 atom stereocenters. The number of carbonyl (C=O) groups excluding carboxylic acids is 1. The van der Waals surface area contributed by atoms with Gasteiger partial charge in [-0.2, -0.15) is 0 Å². The summed E-state index contributed by atoms with van der Waals surface area (Å²) in [6, 6.07) is 3.23. The Labute approximate surface area is 74.4 Å². The number of benzene rings is 1. The molecule has 13 heavy (non-hydrogen) atoms. The first-order valence-corrected chi connectivity index (χ1v) is 4.16. The van der Waals surface area contributed by atoms with Gasteiger partial charge in [0.25, 0.3) is 0 Å². The predicted octanol–water partition coefficient (Wildman–Crippen LogP) is 2.41. The molecule has 3 heteroatoms. The fraction of sp³-hybridized carbons (Fsp3) is 0.300. The van der Waals surface area contributed by atoms with Gasteiger partial charge in [0.05, 0.1) is 0 Å². The van der Waals surface area contributed by atoms with Gasteiger partial charge in [0.2, 0.25) is 0 Å². The first-order valence-electron chi connectivity index (χ1n) is 4.16. The van der Waals surface area contributed by atoms with Crippen LogP contribution in [0.4, 0.5) is 8.78 Å². The van der Waals surface area contributed by atoms with Gasteiger partial charge in [-0.05, 0) is 24.6 Å². The second kappa shape index (κ2) is 2.91. The molecule has 0 N–H and O–H groups in total. The zero-order valence-corrected chi connectivity index (χ0v) is 6.89. The van der Waals surface area contributed by atoms with Gasteiger partial charge in [0, 0.05) is 17.9 Å². The van der Waals surface area contributed by atoms with Gasteiger partial charge < -0.3 is 0 Å². The second-order valence-corrected chi connectivity index (χ2v) is 3.22. The quantitative estimate of drug-likeness (QED) is 0.651. The van der Waals surface area contributed by atoms with Crippen molar-refractivity contribution in [2.24, 2.45) is 0 Å². The summed E-state index contributed by atoms with van der Waals surface area (Å²) in [6.07, 6.45) is 1.12.